The molecule has 0 radical (unpaired) electrons. The summed E-state index contributed by atoms with van der Waals surface area (Å²) in [5.74, 6) is 0.699. The third-order valence-electron chi connectivity index (χ3n) is 4.91. The summed E-state index contributed by atoms with van der Waals surface area (Å²) in [6, 6.07) is 21.4. The van der Waals surface area contributed by atoms with Crippen LogP contribution < -0.4 is 0 Å². The molecule has 1 aliphatic rings. The standard InChI is InChI=1S/C22H17NO/c1-2-14-7-10-21-20(11-14)23-22(24-21)17-9-8-16-12-15-5-3-4-6-18(15)19(16)13-17/h3-11,13H,2,12H2,1H3. The van der Waals surface area contributed by atoms with E-state index in [2.05, 4.69) is 61.5 Å². The van der Waals surface area contributed by atoms with E-state index in [-0.39, 0.29) is 0 Å². The van der Waals surface area contributed by atoms with Crippen molar-refractivity contribution in [1.29, 1.82) is 0 Å². The lowest BCUT2D eigenvalue weighted by atomic mass is 10.0. The lowest BCUT2D eigenvalue weighted by Gasteiger charge is -2.02. The normalized spacial score (nSPS) is 12.4. The molecule has 0 saturated carbocycles. The molecule has 0 unspecified atom stereocenters. The molecule has 0 atom stereocenters. The topological polar surface area (TPSA) is 26.0 Å². The second kappa shape index (κ2) is 5.07. The maximum atomic E-state index is 5.99. The summed E-state index contributed by atoms with van der Waals surface area (Å²) in [5.41, 5.74) is 9.52. The maximum Gasteiger partial charge on any atom is 0.227 e. The Hall–Kier alpha value is -2.87. The van der Waals surface area contributed by atoms with Crippen molar-refractivity contribution >= 4 is 11.1 Å². The largest absolute Gasteiger partial charge is 0.436 e. The summed E-state index contributed by atoms with van der Waals surface area (Å²) in [7, 11) is 0. The molecule has 3 aromatic carbocycles. The fourth-order valence-electron chi connectivity index (χ4n) is 3.57. The van der Waals surface area contributed by atoms with E-state index in [0.717, 1.165) is 29.5 Å². The van der Waals surface area contributed by atoms with E-state index in [4.69, 9.17) is 9.40 Å². The zero-order valence-corrected chi connectivity index (χ0v) is 13.5. The van der Waals surface area contributed by atoms with E-state index in [1.807, 2.05) is 6.07 Å². The minimum atomic E-state index is 0.699. The number of fused-ring (bicyclic) bond motifs is 4. The van der Waals surface area contributed by atoms with E-state index in [1.165, 1.54) is 27.8 Å². The van der Waals surface area contributed by atoms with Crippen LogP contribution in [-0.2, 0) is 12.8 Å². The Morgan fingerprint density at radius 1 is 0.917 bits per heavy atom. The van der Waals surface area contributed by atoms with Crippen LogP contribution in [0.15, 0.2) is 65.1 Å². The van der Waals surface area contributed by atoms with E-state index in [0.29, 0.717) is 5.89 Å². The second-order valence-electron chi connectivity index (χ2n) is 6.38. The molecule has 4 aromatic rings. The van der Waals surface area contributed by atoms with Gasteiger partial charge in [-0.1, -0.05) is 43.3 Å². The van der Waals surface area contributed by atoms with Gasteiger partial charge in [-0.3, -0.25) is 0 Å². The quantitative estimate of drug-likeness (QED) is 0.422. The summed E-state index contributed by atoms with van der Waals surface area (Å²) >= 11 is 0. The molecule has 0 aliphatic heterocycles. The molecule has 1 aromatic heterocycles. The van der Waals surface area contributed by atoms with Gasteiger partial charge in [0, 0.05) is 5.56 Å². The predicted octanol–water partition coefficient (Wildman–Crippen LogP) is 5.63. The first-order valence-corrected chi connectivity index (χ1v) is 8.43. The molecular formula is C22H17NO. The van der Waals surface area contributed by atoms with Gasteiger partial charge in [0.25, 0.3) is 0 Å². The molecule has 0 spiro atoms. The molecule has 0 saturated heterocycles. The number of benzene rings is 3. The summed E-state index contributed by atoms with van der Waals surface area (Å²) < 4.78 is 5.99. The smallest absolute Gasteiger partial charge is 0.227 e. The van der Waals surface area contributed by atoms with Crippen LogP contribution in [-0.4, -0.2) is 4.98 Å². The zero-order chi connectivity index (χ0) is 16.1. The van der Waals surface area contributed by atoms with Gasteiger partial charge < -0.3 is 4.42 Å². The monoisotopic (exact) mass is 311 g/mol. The summed E-state index contributed by atoms with van der Waals surface area (Å²) in [5, 5.41) is 0. The van der Waals surface area contributed by atoms with Crippen LogP contribution in [0.3, 0.4) is 0 Å². The van der Waals surface area contributed by atoms with Crippen molar-refractivity contribution in [3.63, 3.8) is 0 Å². The van der Waals surface area contributed by atoms with Crippen LogP contribution in [0.2, 0.25) is 0 Å². The average molecular weight is 311 g/mol. The molecule has 1 aliphatic carbocycles. The van der Waals surface area contributed by atoms with Crippen molar-refractivity contribution in [1.82, 2.24) is 4.98 Å². The number of nitrogens with zero attached hydrogens (tertiary/aromatic N) is 1. The van der Waals surface area contributed by atoms with Crippen molar-refractivity contribution in [2.75, 3.05) is 0 Å². The third kappa shape index (κ3) is 2.00. The van der Waals surface area contributed by atoms with E-state index >= 15 is 0 Å². The number of hydrogen-bond acceptors (Lipinski definition) is 2. The van der Waals surface area contributed by atoms with Gasteiger partial charge in [0.05, 0.1) is 0 Å². The first kappa shape index (κ1) is 13.6. The van der Waals surface area contributed by atoms with Gasteiger partial charge in [-0.05, 0) is 64.9 Å². The SMILES string of the molecule is CCc1ccc2oc(-c3ccc4c(c3)-c3ccccc3C4)nc2c1. The number of hydrogen-bond donors (Lipinski definition) is 0. The van der Waals surface area contributed by atoms with Gasteiger partial charge >= 0.3 is 0 Å². The highest BCUT2D eigenvalue weighted by atomic mass is 16.3. The van der Waals surface area contributed by atoms with Gasteiger partial charge in [-0.25, -0.2) is 4.98 Å². The zero-order valence-electron chi connectivity index (χ0n) is 13.5. The Morgan fingerprint density at radius 3 is 2.71 bits per heavy atom. The highest BCUT2D eigenvalue weighted by molar-refractivity contribution is 5.82. The van der Waals surface area contributed by atoms with Crippen molar-refractivity contribution in [2.45, 2.75) is 19.8 Å². The first-order valence-electron chi connectivity index (χ1n) is 8.43. The van der Waals surface area contributed by atoms with Crippen molar-refractivity contribution < 1.29 is 4.42 Å². The first-order chi connectivity index (χ1) is 11.8. The van der Waals surface area contributed by atoms with E-state index in [1.54, 1.807) is 0 Å². The fraction of sp³-hybridized carbons (Fsp3) is 0.136. The van der Waals surface area contributed by atoms with E-state index < -0.39 is 0 Å². The Morgan fingerprint density at radius 2 is 1.79 bits per heavy atom. The van der Waals surface area contributed by atoms with Crippen LogP contribution in [0.1, 0.15) is 23.6 Å². The maximum absolute atomic E-state index is 5.99. The molecule has 0 bridgehead atoms. The minimum Gasteiger partial charge on any atom is -0.436 e. The number of oxazole rings is 1. The highest BCUT2D eigenvalue weighted by Crippen LogP contribution is 2.39. The van der Waals surface area contributed by atoms with Crippen molar-refractivity contribution in [3.05, 3.63) is 77.4 Å². The predicted molar refractivity (Wildman–Crippen MR) is 97.1 cm³/mol. The molecule has 24 heavy (non-hydrogen) atoms. The molecule has 2 nitrogen and oxygen atoms in total. The molecule has 0 fully saturated rings. The summed E-state index contributed by atoms with van der Waals surface area (Å²) in [6.45, 7) is 2.15. The summed E-state index contributed by atoms with van der Waals surface area (Å²) in [4.78, 5) is 4.71. The number of aryl methyl sites for hydroxylation is 1. The Kier molecular flexibility index (Phi) is 2.86. The Bertz CT molecular complexity index is 1070. The molecule has 0 amide bonds. The molecule has 116 valence electrons. The molecule has 5 rings (SSSR count). The van der Waals surface area contributed by atoms with Crippen LogP contribution in [0.5, 0.6) is 0 Å². The second-order valence-corrected chi connectivity index (χ2v) is 6.38. The van der Waals surface area contributed by atoms with Crippen LogP contribution >= 0.6 is 0 Å². The van der Waals surface area contributed by atoms with Gasteiger partial charge in [-0.15, -0.1) is 0 Å². The summed E-state index contributed by atoms with van der Waals surface area (Å²) in [6.07, 6.45) is 2.02. The molecular weight excluding hydrogens is 294 g/mol. The van der Waals surface area contributed by atoms with Gasteiger partial charge in [0.15, 0.2) is 5.58 Å². The highest BCUT2D eigenvalue weighted by Gasteiger charge is 2.19. The van der Waals surface area contributed by atoms with Crippen LogP contribution in [0, 0.1) is 0 Å². The number of rotatable bonds is 2. The van der Waals surface area contributed by atoms with Gasteiger partial charge in [-0.2, -0.15) is 0 Å². The van der Waals surface area contributed by atoms with Crippen LogP contribution in [0.4, 0.5) is 0 Å². The average Bonchev–Trinajstić information content (AvgIpc) is 3.21. The Balaban J connectivity index is 1.64. The van der Waals surface area contributed by atoms with Crippen LogP contribution in [0.25, 0.3) is 33.7 Å². The minimum absolute atomic E-state index is 0.699. The molecule has 2 heteroatoms. The molecule has 0 N–H and O–H groups in total. The third-order valence-corrected chi connectivity index (χ3v) is 4.91. The van der Waals surface area contributed by atoms with Crippen molar-refractivity contribution in [2.24, 2.45) is 0 Å². The van der Waals surface area contributed by atoms with E-state index in [9.17, 15) is 0 Å². The lowest BCUT2D eigenvalue weighted by Crippen LogP contribution is -1.83. The van der Waals surface area contributed by atoms with Crippen molar-refractivity contribution in [3.8, 4) is 22.6 Å². The Labute approximate surface area is 140 Å². The molecule has 1 heterocycles. The van der Waals surface area contributed by atoms with Gasteiger partial charge in [0.2, 0.25) is 5.89 Å². The number of aromatic nitrogens is 1. The fourth-order valence-corrected chi connectivity index (χ4v) is 3.57. The lowest BCUT2D eigenvalue weighted by molar-refractivity contribution is 0.620. The van der Waals surface area contributed by atoms with Gasteiger partial charge in [0.1, 0.15) is 5.52 Å².